The van der Waals surface area contributed by atoms with Gasteiger partial charge in [-0.3, -0.25) is 0 Å². The maximum atomic E-state index is 10.2. The fourth-order valence-electron chi connectivity index (χ4n) is 2.16. The summed E-state index contributed by atoms with van der Waals surface area (Å²) in [6.07, 6.45) is 5.07. The largest absolute Gasteiger partial charge is 0.378 e. The molecule has 1 aliphatic rings. The SMILES string of the molecule is Cc1ccccc1C#CC1(O)CCCCC1. The van der Waals surface area contributed by atoms with Gasteiger partial charge in [0.25, 0.3) is 0 Å². The molecule has 0 atom stereocenters. The lowest BCUT2D eigenvalue weighted by atomic mass is 9.85. The molecule has 1 aromatic rings. The van der Waals surface area contributed by atoms with Crippen LogP contribution >= 0.6 is 0 Å². The Balaban J connectivity index is 2.18. The Morgan fingerprint density at radius 3 is 2.50 bits per heavy atom. The van der Waals surface area contributed by atoms with Gasteiger partial charge >= 0.3 is 0 Å². The van der Waals surface area contributed by atoms with Crippen LogP contribution in [0.4, 0.5) is 0 Å². The Hall–Kier alpha value is -1.26. The molecule has 16 heavy (non-hydrogen) atoms. The number of rotatable bonds is 0. The van der Waals surface area contributed by atoms with Gasteiger partial charge in [0.1, 0.15) is 5.60 Å². The van der Waals surface area contributed by atoms with Crippen molar-refractivity contribution < 1.29 is 5.11 Å². The average Bonchev–Trinajstić information content (AvgIpc) is 2.29. The van der Waals surface area contributed by atoms with Gasteiger partial charge in [0.2, 0.25) is 0 Å². The van der Waals surface area contributed by atoms with E-state index in [1.54, 1.807) is 0 Å². The lowest BCUT2D eigenvalue weighted by Crippen LogP contribution is -2.29. The quantitative estimate of drug-likeness (QED) is 0.658. The van der Waals surface area contributed by atoms with E-state index < -0.39 is 5.60 Å². The molecule has 1 aromatic carbocycles. The molecule has 1 saturated carbocycles. The normalized spacial score (nSPS) is 18.6. The molecule has 0 bridgehead atoms. The summed E-state index contributed by atoms with van der Waals surface area (Å²) in [6, 6.07) is 8.06. The highest BCUT2D eigenvalue weighted by Crippen LogP contribution is 2.27. The predicted octanol–water partition coefficient (Wildman–Crippen LogP) is 3.04. The molecule has 0 aromatic heterocycles. The second kappa shape index (κ2) is 4.72. The van der Waals surface area contributed by atoms with Crippen molar-refractivity contribution in [2.75, 3.05) is 0 Å². The van der Waals surface area contributed by atoms with Crippen molar-refractivity contribution in [2.45, 2.75) is 44.6 Å². The Labute approximate surface area is 97.5 Å². The van der Waals surface area contributed by atoms with E-state index in [-0.39, 0.29) is 0 Å². The maximum absolute atomic E-state index is 10.2. The van der Waals surface area contributed by atoms with Gasteiger partial charge in [-0.15, -0.1) is 0 Å². The van der Waals surface area contributed by atoms with Crippen LogP contribution in [0.5, 0.6) is 0 Å². The molecule has 0 amide bonds. The molecule has 0 heterocycles. The molecule has 1 nitrogen and oxygen atoms in total. The van der Waals surface area contributed by atoms with Crippen LogP contribution in [0.3, 0.4) is 0 Å². The standard InChI is InChI=1S/C15H18O/c1-13-7-3-4-8-14(13)9-12-15(16)10-5-2-6-11-15/h3-4,7-8,16H,2,5-6,10-11H2,1H3. The van der Waals surface area contributed by atoms with Gasteiger partial charge in [-0.05, 0) is 44.2 Å². The first-order valence-electron chi connectivity index (χ1n) is 6.01. The van der Waals surface area contributed by atoms with Gasteiger partial charge in [0.15, 0.2) is 0 Å². The Kier molecular flexibility index (Phi) is 3.31. The first kappa shape index (κ1) is 11.2. The zero-order valence-corrected chi connectivity index (χ0v) is 9.79. The zero-order valence-electron chi connectivity index (χ0n) is 9.79. The minimum Gasteiger partial charge on any atom is -0.378 e. The van der Waals surface area contributed by atoms with Gasteiger partial charge in [0, 0.05) is 5.56 Å². The highest BCUT2D eigenvalue weighted by Gasteiger charge is 2.26. The van der Waals surface area contributed by atoms with Crippen LogP contribution in [0.15, 0.2) is 24.3 Å². The van der Waals surface area contributed by atoms with Crippen molar-refractivity contribution in [3.8, 4) is 11.8 Å². The third-order valence-electron chi connectivity index (χ3n) is 3.26. The zero-order chi connectivity index (χ0) is 11.4. The molecule has 0 unspecified atom stereocenters. The lowest BCUT2D eigenvalue weighted by Gasteiger charge is -2.26. The maximum Gasteiger partial charge on any atom is 0.125 e. The van der Waals surface area contributed by atoms with Crippen molar-refractivity contribution in [3.05, 3.63) is 35.4 Å². The summed E-state index contributed by atoms with van der Waals surface area (Å²) >= 11 is 0. The van der Waals surface area contributed by atoms with Crippen molar-refractivity contribution in [3.63, 3.8) is 0 Å². The van der Waals surface area contributed by atoms with Gasteiger partial charge in [-0.2, -0.15) is 0 Å². The highest BCUT2D eigenvalue weighted by molar-refractivity contribution is 5.41. The van der Waals surface area contributed by atoms with Crippen LogP contribution < -0.4 is 0 Å². The highest BCUT2D eigenvalue weighted by atomic mass is 16.3. The summed E-state index contributed by atoms with van der Waals surface area (Å²) in [5.74, 6) is 6.18. The number of hydrogen-bond acceptors (Lipinski definition) is 1. The van der Waals surface area contributed by atoms with Crippen molar-refractivity contribution in [1.82, 2.24) is 0 Å². The monoisotopic (exact) mass is 214 g/mol. The summed E-state index contributed by atoms with van der Waals surface area (Å²) < 4.78 is 0. The minimum atomic E-state index is -0.736. The predicted molar refractivity (Wildman–Crippen MR) is 66.1 cm³/mol. The van der Waals surface area contributed by atoms with Crippen LogP contribution in [0.25, 0.3) is 0 Å². The van der Waals surface area contributed by atoms with Gasteiger partial charge < -0.3 is 5.11 Å². The van der Waals surface area contributed by atoms with Gasteiger partial charge in [0.05, 0.1) is 0 Å². The molecular weight excluding hydrogens is 196 g/mol. The Morgan fingerprint density at radius 1 is 1.12 bits per heavy atom. The van der Waals surface area contributed by atoms with Crippen molar-refractivity contribution in [1.29, 1.82) is 0 Å². The van der Waals surface area contributed by atoms with Gasteiger partial charge in [-0.1, -0.05) is 36.5 Å². The van der Waals surface area contributed by atoms with E-state index in [1.807, 2.05) is 18.2 Å². The van der Waals surface area contributed by atoms with E-state index in [9.17, 15) is 5.11 Å². The van der Waals surface area contributed by atoms with Crippen LogP contribution in [0.2, 0.25) is 0 Å². The van der Waals surface area contributed by atoms with E-state index in [0.717, 1.165) is 31.2 Å². The summed E-state index contributed by atoms with van der Waals surface area (Å²) in [5, 5.41) is 10.2. The molecule has 0 radical (unpaired) electrons. The summed E-state index contributed by atoms with van der Waals surface area (Å²) in [5.41, 5.74) is 1.47. The van der Waals surface area contributed by atoms with Crippen LogP contribution in [-0.4, -0.2) is 10.7 Å². The Bertz CT molecular complexity index is 417. The molecule has 0 saturated heterocycles. The summed E-state index contributed by atoms with van der Waals surface area (Å²) in [4.78, 5) is 0. The Morgan fingerprint density at radius 2 is 1.81 bits per heavy atom. The van der Waals surface area contributed by atoms with E-state index in [2.05, 4.69) is 24.8 Å². The molecule has 0 aliphatic heterocycles. The van der Waals surface area contributed by atoms with Crippen molar-refractivity contribution in [2.24, 2.45) is 0 Å². The van der Waals surface area contributed by atoms with E-state index in [1.165, 1.54) is 12.0 Å². The van der Waals surface area contributed by atoms with Crippen LogP contribution in [0.1, 0.15) is 43.2 Å². The number of benzene rings is 1. The third-order valence-corrected chi connectivity index (χ3v) is 3.26. The summed E-state index contributed by atoms with van der Waals surface area (Å²) in [7, 11) is 0. The molecule has 1 fully saturated rings. The molecule has 0 spiro atoms. The number of aliphatic hydroxyl groups is 1. The first-order chi connectivity index (χ1) is 7.70. The van der Waals surface area contributed by atoms with E-state index in [4.69, 9.17) is 0 Å². The number of hydrogen-bond donors (Lipinski definition) is 1. The second-order valence-corrected chi connectivity index (χ2v) is 4.66. The third kappa shape index (κ3) is 2.65. The molecule has 1 heteroatoms. The first-order valence-corrected chi connectivity index (χ1v) is 6.01. The molecule has 84 valence electrons. The molecular formula is C15H18O. The minimum absolute atomic E-state index is 0.736. The van der Waals surface area contributed by atoms with Gasteiger partial charge in [-0.25, -0.2) is 0 Å². The van der Waals surface area contributed by atoms with Crippen LogP contribution in [-0.2, 0) is 0 Å². The topological polar surface area (TPSA) is 20.2 Å². The second-order valence-electron chi connectivity index (χ2n) is 4.66. The fourth-order valence-corrected chi connectivity index (χ4v) is 2.16. The van der Waals surface area contributed by atoms with E-state index >= 15 is 0 Å². The fraction of sp³-hybridized carbons (Fsp3) is 0.467. The van der Waals surface area contributed by atoms with Crippen molar-refractivity contribution >= 4 is 0 Å². The molecule has 1 N–H and O–H groups in total. The average molecular weight is 214 g/mol. The number of aryl methyl sites for hydroxylation is 1. The smallest absolute Gasteiger partial charge is 0.125 e. The lowest BCUT2D eigenvalue weighted by molar-refractivity contribution is 0.0610. The molecule has 1 aliphatic carbocycles. The summed E-state index contributed by atoms with van der Waals surface area (Å²) in [6.45, 7) is 2.05. The van der Waals surface area contributed by atoms with E-state index in [0.29, 0.717) is 0 Å². The van der Waals surface area contributed by atoms with Crippen LogP contribution in [0, 0.1) is 18.8 Å². The molecule has 2 rings (SSSR count).